The lowest BCUT2D eigenvalue weighted by Gasteiger charge is -2.12. The number of rotatable bonds is 3. The number of aryl methyl sites for hydroxylation is 1. The molecule has 0 amide bonds. The predicted octanol–water partition coefficient (Wildman–Crippen LogP) is 3.94. The highest BCUT2D eigenvalue weighted by Gasteiger charge is 2.11. The first kappa shape index (κ1) is 17.1. The quantitative estimate of drug-likeness (QED) is 0.476. The maximum absolute atomic E-state index is 13.1. The molecule has 0 atom stereocenters. The number of hydrogen-bond donors (Lipinski definition) is 0. The Kier molecular flexibility index (Phi) is 4.02. The summed E-state index contributed by atoms with van der Waals surface area (Å²) in [5, 5.41) is 9.12. The minimum Gasteiger partial charge on any atom is -0.268 e. The van der Waals surface area contributed by atoms with Crippen molar-refractivity contribution in [2.24, 2.45) is 0 Å². The van der Waals surface area contributed by atoms with Crippen molar-refractivity contribution in [2.75, 3.05) is 0 Å². The van der Waals surface area contributed by atoms with E-state index in [1.54, 1.807) is 15.3 Å². The van der Waals surface area contributed by atoms with Crippen LogP contribution in [0.1, 0.15) is 5.82 Å². The van der Waals surface area contributed by atoms with E-state index in [9.17, 15) is 4.79 Å². The van der Waals surface area contributed by atoms with Gasteiger partial charge in [0.05, 0.1) is 28.5 Å². The molecule has 0 spiro atoms. The van der Waals surface area contributed by atoms with E-state index in [2.05, 4.69) is 15.3 Å². The molecule has 0 N–H and O–H groups in total. The van der Waals surface area contributed by atoms with Gasteiger partial charge in [0.1, 0.15) is 11.5 Å². The molecule has 0 saturated heterocycles. The largest absolute Gasteiger partial charge is 0.268 e. The van der Waals surface area contributed by atoms with Gasteiger partial charge in [-0.3, -0.25) is 9.36 Å². The molecule has 0 saturated carbocycles. The lowest BCUT2D eigenvalue weighted by Crippen LogP contribution is -2.22. The van der Waals surface area contributed by atoms with Crippen LogP contribution in [0.2, 0.25) is 0 Å². The second kappa shape index (κ2) is 6.83. The molecule has 0 aliphatic rings. The van der Waals surface area contributed by atoms with Crippen molar-refractivity contribution in [3.63, 3.8) is 0 Å². The van der Waals surface area contributed by atoms with Crippen molar-refractivity contribution < 1.29 is 0 Å². The topological polar surface area (TPSA) is 65.6 Å². The molecule has 3 aromatic carbocycles. The molecular weight excluding hydrogens is 362 g/mol. The molecule has 2 heterocycles. The van der Waals surface area contributed by atoms with Crippen LogP contribution in [0.25, 0.3) is 33.5 Å². The molecule has 0 bridgehead atoms. The Hall–Kier alpha value is -4.06. The van der Waals surface area contributed by atoms with Gasteiger partial charge in [0.25, 0.3) is 5.56 Å². The Bertz CT molecular complexity index is 1390. The summed E-state index contributed by atoms with van der Waals surface area (Å²) in [5.41, 5.74) is 3.95. The summed E-state index contributed by atoms with van der Waals surface area (Å²) in [6.45, 7) is 1.84. The molecule has 0 fully saturated rings. The Balaban J connectivity index is 1.61. The van der Waals surface area contributed by atoms with Gasteiger partial charge in [-0.2, -0.15) is 0 Å². The molecule has 29 heavy (non-hydrogen) atoms. The lowest BCUT2D eigenvalue weighted by molar-refractivity contribution is 0.800. The molecule has 5 aromatic rings. The number of para-hydroxylation sites is 1. The van der Waals surface area contributed by atoms with Gasteiger partial charge >= 0.3 is 0 Å². The molecule has 140 valence electrons. The fraction of sp³-hybridized carbons (Fsp3) is 0.0435. The molecule has 0 aliphatic heterocycles. The van der Waals surface area contributed by atoms with Gasteiger partial charge in [-0.05, 0) is 37.3 Å². The van der Waals surface area contributed by atoms with Crippen molar-refractivity contribution in [2.45, 2.75) is 6.92 Å². The minimum atomic E-state index is -0.0891. The van der Waals surface area contributed by atoms with E-state index in [-0.39, 0.29) is 5.56 Å². The molecule has 6 heteroatoms. The van der Waals surface area contributed by atoms with Gasteiger partial charge in [-0.15, -0.1) is 5.10 Å². The molecule has 0 unspecified atom stereocenters. The Labute approximate surface area is 166 Å². The van der Waals surface area contributed by atoms with Crippen LogP contribution < -0.4 is 5.56 Å². The smallest absolute Gasteiger partial charge is 0.265 e. The van der Waals surface area contributed by atoms with Crippen LogP contribution in [0, 0.1) is 6.92 Å². The van der Waals surface area contributed by atoms with Crippen LogP contribution in [0.3, 0.4) is 0 Å². The summed E-state index contributed by atoms with van der Waals surface area (Å²) in [4.78, 5) is 17.7. The average Bonchev–Trinajstić information content (AvgIpc) is 3.25. The van der Waals surface area contributed by atoms with Crippen molar-refractivity contribution in [3.8, 4) is 22.6 Å². The Morgan fingerprint density at radius 2 is 1.59 bits per heavy atom. The van der Waals surface area contributed by atoms with Crippen LogP contribution in [0.5, 0.6) is 0 Å². The first-order chi connectivity index (χ1) is 14.2. The van der Waals surface area contributed by atoms with Crippen LogP contribution in [0.4, 0.5) is 0 Å². The summed E-state index contributed by atoms with van der Waals surface area (Å²) in [6, 6.07) is 24.9. The fourth-order valence-electron chi connectivity index (χ4n) is 3.45. The van der Waals surface area contributed by atoms with Crippen molar-refractivity contribution in [1.82, 2.24) is 24.5 Å². The van der Waals surface area contributed by atoms with Gasteiger partial charge in [0.2, 0.25) is 0 Å². The lowest BCUT2D eigenvalue weighted by atomic mass is 10.2. The highest BCUT2D eigenvalue weighted by Crippen LogP contribution is 2.19. The average molecular weight is 379 g/mol. The third kappa shape index (κ3) is 3.00. The van der Waals surface area contributed by atoms with E-state index in [1.165, 1.54) is 0 Å². The highest BCUT2D eigenvalue weighted by atomic mass is 16.1. The number of nitrogens with zero attached hydrogens (tertiary/aromatic N) is 5. The standard InChI is InChI=1S/C23H17N5O/c1-16-24-21-13-6-5-12-20(21)23(29)28(16)19-11-7-10-18(14-19)27-15-22(25-26-27)17-8-3-2-4-9-17/h2-15H,1H3. The fourth-order valence-corrected chi connectivity index (χ4v) is 3.45. The molecule has 5 rings (SSSR count). The summed E-state index contributed by atoms with van der Waals surface area (Å²) in [6.07, 6.45) is 1.88. The highest BCUT2D eigenvalue weighted by molar-refractivity contribution is 5.77. The number of benzene rings is 3. The third-order valence-corrected chi connectivity index (χ3v) is 4.86. The van der Waals surface area contributed by atoms with Gasteiger partial charge in [-0.25, -0.2) is 9.67 Å². The molecular formula is C23H17N5O. The number of aromatic nitrogens is 5. The maximum Gasteiger partial charge on any atom is 0.265 e. The van der Waals surface area contributed by atoms with Crippen LogP contribution in [0.15, 0.2) is 89.9 Å². The summed E-state index contributed by atoms with van der Waals surface area (Å²) < 4.78 is 3.33. The van der Waals surface area contributed by atoms with Crippen LogP contribution >= 0.6 is 0 Å². The summed E-state index contributed by atoms with van der Waals surface area (Å²) >= 11 is 0. The zero-order valence-corrected chi connectivity index (χ0v) is 15.7. The number of hydrogen-bond acceptors (Lipinski definition) is 4. The van der Waals surface area contributed by atoms with E-state index in [1.807, 2.05) is 85.9 Å². The second-order valence-corrected chi connectivity index (χ2v) is 6.75. The van der Waals surface area contributed by atoms with Crippen molar-refractivity contribution in [1.29, 1.82) is 0 Å². The van der Waals surface area contributed by atoms with Gasteiger partial charge in [-0.1, -0.05) is 53.7 Å². The predicted molar refractivity (Wildman–Crippen MR) is 112 cm³/mol. The summed E-state index contributed by atoms with van der Waals surface area (Å²) in [7, 11) is 0. The molecule has 0 radical (unpaired) electrons. The second-order valence-electron chi connectivity index (χ2n) is 6.75. The van der Waals surface area contributed by atoms with E-state index in [0.717, 1.165) is 22.6 Å². The van der Waals surface area contributed by atoms with E-state index in [4.69, 9.17) is 0 Å². The first-order valence-corrected chi connectivity index (χ1v) is 9.28. The van der Waals surface area contributed by atoms with E-state index in [0.29, 0.717) is 16.7 Å². The van der Waals surface area contributed by atoms with Crippen LogP contribution in [-0.2, 0) is 0 Å². The first-order valence-electron chi connectivity index (χ1n) is 9.28. The van der Waals surface area contributed by atoms with Crippen LogP contribution in [-0.4, -0.2) is 24.5 Å². The molecule has 0 aliphatic carbocycles. The Morgan fingerprint density at radius 3 is 2.45 bits per heavy atom. The number of fused-ring (bicyclic) bond motifs is 1. The van der Waals surface area contributed by atoms with E-state index >= 15 is 0 Å². The monoisotopic (exact) mass is 379 g/mol. The minimum absolute atomic E-state index is 0.0891. The van der Waals surface area contributed by atoms with Gasteiger partial charge < -0.3 is 0 Å². The Morgan fingerprint density at radius 1 is 0.828 bits per heavy atom. The molecule has 6 nitrogen and oxygen atoms in total. The molecule has 2 aromatic heterocycles. The third-order valence-electron chi connectivity index (χ3n) is 4.86. The van der Waals surface area contributed by atoms with Crippen molar-refractivity contribution in [3.05, 3.63) is 101 Å². The SMILES string of the molecule is Cc1nc2ccccc2c(=O)n1-c1cccc(-n2cc(-c3ccccc3)nn2)c1. The van der Waals surface area contributed by atoms with E-state index < -0.39 is 0 Å². The zero-order chi connectivity index (χ0) is 19.8. The zero-order valence-electron chi connectivity index (χ0n) is 15.7. The van der Waals surface area contributed by atoms with Gasteiger partial charge in [0, 0.05) is 5.56 Å². The van der Waals surface area contributed by atoms with Gasteiger partial charge in [0.15, 0.2) is 0 Å². The normalized spacial score (nSPS) is 11.1. The van der Waals surface area contributed by atoms with Crippen molar-refractivity contribution >= 4 is 10.9 Å². The maximum atomic E-state index is 13.1. The summed E-state index contributed by atoms with van der Waals surface area (Å²) in [5.74, 6) is 0.634.